The molecule has 0 bridgehead atoms. The molecule has 0 saturated heterocycles. The van der Waals surface area contributed by atoms with Crippen molar-refractivity contribution in [2.75, 3.05) is 0 Å². The van der Waals surface area contributed by atoms with Gasteiger partial charge in [-0.25, -0.2) is 4.79 Å². The molecule has 0 unspecified atom stereocenters. The number of carbonyl (C=O) groups is 2. The van der Waals surface area contributed by atoms with Crippen molar-refractivity contribution >= 4 is 30.5 Å². The first-order valence-corrected chi connectivity index (χ1v) is 7.64. The van der Waals surface area contributed by atoms with E-state index in [1.165, 1.54) is 6.07 Å². The smallest absolute Gasteiger partial charge is 0.526 e. The predicted molar refractivity (Wildman–Crippen MR) is 83.7 cm³/mol. The van der Waals surface area contributed by atoms with Crippen LogP contribution in [0.15, 0.2) is 6.07 Å². The van der Waals surface area contributed by atoms with Crippen LogP contribution in [0.2, 0.25) is 10.8 Å². The maximum Gasteiger partial charge on any atom is 0.526 e. The Morgan fingerprint density at radius 1 is 1.50 bits per heavy atom. The number of benzene rings is 1. The molecule has 1 aliphatic heterocycles. The van der Waals surface area contributed by atoms with Gasteiger partial charge in [0.2, 0.25) is 0 Å². The quantitative estimate of drug-likeness (QED) is 0.814. The molecule has 0 aliphatic carbocycles. The van der Waals surface area contributed by atoms with E-state index in [4.69, 9.17) is 16.3 Å². The number of fused-ring (bicyclic) bond motifs is 1. The third-order valence-corrected chi connectivity index (χ3v) is 4.37. The third-order valence-electron chi connectivity index (χ3n) is 3.85. The lowest BCUT2D eigenvalue weighted by Gasteiger charge is -2.29. The first kappa shape index (κ1) is 16.8. The SMILES string of the molecule is CCCC(=O)C[C@H]1Cc2c(Cl)c(C)cc(C(=O)O)c2OB1O. The fourth-order valence-electron chi connectivity index (χ4n) is 2.75. The zero-order valence-electron chi connectivity index (χ0n) is 12.6. The monoisotopic (exact) mass is 324 g/mol. The highest BCUT2D eigenvalue weighted by Crippen LogP contribution is 2.41. The number of carboxylic acids is 1. The van der Waals surface area contributed by atoms with Gasteiger partial charge in [-0.1, -0.05) is 18.5 Å². The average molecular weight is 325 g/mol. The van der Waals surface area contributed by atoms with Gasteiger partial charge < -0.3 is 14.8 Å². The standard InChI is InChI=1S/C15H18BClO5/c1-3-4-10(18)6-9-7-11-13(17)8(2)5-12(15(19)20)14(11)22-16(9)21/h5,9,21H,3-4,6-7H2,1-2H3,(H,19,20)/t9-/m0/s1. The summed E-state index contributed by atoms with van der Waals surface area (Å²) in [6.07, 6.45) is 1.73. The van der Waals surface area contributed by atoms with E-state index in [2.05, 4.69) is 0 Å². The van der Waals surface area contributed by atoms with Crippen molar-refractivity contribution in [1.29, 1.82) is 0 Å². The van der Waals surface area contributed by atoms with Crippen molar-refractivity contribution in [2.24, 2.45) is 0 Å². The van der Waals surface area contributed by atoms with E-state index in [9.17, 15) is 19.7 Å². The maximum absolute atomic E-state index is 11.8. The van der Waals surface area contributed by atoms with E-state index < -0.39 is 18.9 Å². The summed E-state index contributed by atoms with van der Waals surface area (Å²) in [6.45, 7) is 3.64. The fraction of sp³-hybridized carbons (Fsp3) is 0.467. The van der Waals surface area contributed by atoms with Crippen LogP contribution < -0.4 is 4.65 Å². The van der Waals surface area contributed by atoms with Crippen LogP contribution >= 0.6 is 11.6 Å². The molecule has 1 heterocycles. The van der Waals surface area contributed by atoms with Gasteiger partial charge in [0, 0.05) is 24.2 Å². The Labute approximate surface area is 134 Å². The number of halogens is 1. The molecule has 22 heavy (non-hydrogen) atoms. The van der Waals surface area contributed by atoms with Crippen molar-refractivity contribution in [3.05, 3.63) is 27.8 Å². The number of Topliss-reactive ketones (excluding diaryl/α,β-unsaturated/α-hetero) is 1. The molecule has 2 rings (SSSR count). The van der Waals surface area contributed by atoms with Gasteiger partial charge >= 0.3 is 13.1 Å². The van der Waals surface area contributed by atoms with E-state index in [0.29, 0.717) is 29.0 Å². The van der Waals surface area contributed by atoms with E-state index in [0.717, 1.165) is 6.42 Å². The van der Waals surface area contributed by atoms with Crippen LogP contribution in [0.4, 0.5) is 0 Å². The van der Waals surface area contributed by atoms with E-state index in [1.54, 1.807) is 6.92 Å². The molecule has 2 N–H and O–H groups in total. The zero-order valence-corrected chi connectivity index (χ0v) is 13.3. The van der Waals surface area contributed by atoms with Gasteiger partial charge in [0.1, 0.15) is 17.1 Å². The van der Waals surface area contributed by atoms with Crippen LogP contribution in [0.25, 0.3) is 0 Å². The van der Waals surface area contributed by atoms with Crippen molar-refractivity contribution in [1.82, 2.24) is 0 Å². The van der Waals surface area contributed by atoms with Crippen LogP contribution in [0.3, 0.4) is 0 Å². The molecule has 1 atom stereocenters. The minimum atomic E-state index is -1.20. The predicted octanol–water partition coefficient (Wildman–Crippen LogP) is 2.89. The lowest BCUT2D eigenvalue weighted by atomic mass is 9.64. The second-order valence-corrected chi connectivity index (χ2v) is 6.01. The summed E-state index contributed by atoms with van der Waals surface area (Å²) in [5.41, 5.74) is 1.17. The zero-order chi connectivity index (χ0) is 16.4. The molecule has 0 radical (unpaired) electrons. The minimum Gasteiger partial charge on any atom is -0.535 e. The highest BCUT2D eigenvalue weighted by Gasteiger charge is 2.39. The maximum atomic E-state index is 11.8. The van der Waals surface area contributed by atoms with E-state index in [1.807, 2.05) is 6.92 Å². The molecule has 118 valence electrons. The number of carbonyl (C=O) groups excluding carboxylic acids is 1. The van der Waals surface area contributed by atoms with Crippen LogP contribution in [0.5, 0.6) is 5.75 Å². The number of aryl methyl sites for hydroxylation is 1. The van der Waals surface area contributed by atoms with Crippen molar-refractivity contribution in [2.45, 2.75) is 45.3 Å². The minimum absolute atomic E-state index is 0.0192. The Kier molecular flexibility index (Phi) is 5.14. The van der Waals surface area contributed by atoms with Gasteiger partial charge in [0.15, 0.2) is 0 Å². The molecule has 1 aliphatic rings. The first-order chi connectivity index (χ1) is 10.3. The van der Waals surface area contributed by atoms with Gasteiger partial charge in [-0.15, -0.1) is 0 Å². The molecule has 1 aromatic carbocycles. The molecule has 0 fully saturated rings. The first-order valence-electron chi connectivity index (χ1n) is 7.26. The molecule has 7 heteroatoms. The van der Waals surface area contributed by atoms with Crippen LogP contribution in [0, 0.1) is 6.92 Å². The van der Waals surface area contributed by atoms with Crippen LogP contribution in [-0.2, 0) is 11.2 Å². The summed E-state index contributed by atoms with van der Waals surface area (Å²) in [7, 11) is -1.20. The third kappa shape index (κ3) is 3.28. The van der Waals surface area contributed by atoms with Crippen LogP contribution in [0.1, 0.15) is 47.7 Å². The van der Waals surface area contributed by atoms with Crippen molar-refractivity contribution < 1.29 is 24.4 Å². The Balaban J connectivity index is 2.36. The lowest BCUT2D eigenvalue weighted by Crippen LogP contribution is -2.36. The molecular weight excluding hydrogens is 306 g/mol. The number of hydrogen-bond acceptors (Lipinski definition) is 4. The Hall–Kier alpha value is -1.53. The highest BCUT2D eigenvalue weighted by atomic mass is 35.5. The van der Waals surface area contributed by atoms with Gasteiger partial charge in [0.05, 0.1) is 5.02 Å². The molecular formula is C15H18BClO5. The normalized spacial score (nSPS) is 16.9. The van der Waals surface area contributed by atoms with Crippen LogP contribution in [-0.4, -0.2) is 29.0 Å². The van der Waals surface area contributed by atoms with Gasteiger partial charge in [0.25, 0.3) is 0 Å². The second-order valence-electron chi connectivity index (χ2n) is 5.63. The number of aromatic carboxylic acids is 1. The molecule has 5 nitrogen and oxygen atoms in total. The topological polar surface area (TPSA) is 83.8 Å². The molecule has 0 aromatic heterocycles. The number of ketones is 1. The van der Waals surface area contributed by atoms with E-state index >= 15 is 0 Å². The molecule has 0 saturated carbocycles. The van der Waals surface area contributed by atoms with Gasteiger partial charge in [-0.05, 0) is 31.4 Å². The summed E-state index contributed by atoms with van der Waals surface area (Å²) >= 11 is 6.26. The Morgan fingerprint density at radius 3 is 2.77 bits per heavy atom. The Bertz CT molecular complexity index is 616. The summed E-state index contributed by atoms with van der Waals surface area (Å²) < 4.78 is 5.39. The number of carboxylic acid groups (broad SMARTS) is 1. The largest absolute Gasteiger partial charge is 0.535 e. The molecule has 0 spiro atoms. The summed E-state index contributed by atoms with van der Waals surface area (Å²) in [4.78, 5) is 23.1. The number of hydrogen-bond donors (Lipinski definition) is 2. The van der Waals surface area contributed by atoms with Gasteiger partial charge in [-0.2, -0.15) is 0 Å². The molecule has 0 amide bonds. The highest BCUT2D eigenvalue weighted by molar-refractivity contribution is 6.47. The Morgan fingerprint density at radius 2 is 2.18 bits per heavy atom. The van der Waals surface area contributed by atoms with E-state index in [-0.39, 0.29) is 23.5 Å². The summed E-state index contributed by atoms with van der Waals surface area (Å²) in [5, 5.41) is 19.8. The number of rotatable bonds is 5. The fourth-order valence-corrected chi connectivity index (χ4v) is 2.97. The summed E-state index contributed by atoms with van der Waals surface area (Å²) in [5.74, 6) is -1.38. The van der Waals surface area contributed by atoms with Crippen molar-refractivity contribution in [3.63, 3.8) is 0 Å². The van der Waals surface area contributed by atoms with Gasteiger partial charge in [-0.3, -0.25) is 4.79 Å². The van der Waals surface area contributed by atoms with Crippen molar-refractivity contribution in [3.8, 4) is 5.75 Å². The average Bonchev–Trinajstić information content (AvgIpc) is 2.44. The second kappa shape index (κ2) is 6.71. The molecule has 1 aromatic rings. The lowest BCUT2D eigenvalue weighted by molar-refractivity contribution is -0.119. The summed E-state index contributed by atoms with van der Waals surface area (Å²) in [6, 6.07) is 1.43.